The number of carbonyl (C=O) groups is 1. The van der Waals surface area contributed by atoms with E-state index in [-0.39, 0.29) is 12.5 Å². The Hall–Kier alpha value is -2.62. The maximum atomic E-state index is 11.7. The van der Waals surface area contributed by atoms with E-state index in [2.05, 4.69) is 10.5 Å². The molecular formula is C18H20N2O2. The van der Waals surface area contributed by atoms with Gasteiger partial charge in [0.15, 0.2) is 6.61 Å². The minimum absolute atomic E-state index is 0.0587. The van der Waals surface area contributed by atoms with Gasteiger partial charge in [-0.25, -0.2) is 5.43 Å². The van der Waals surface area contributed by atoms with E-state index in [1.165, 1.54) is 0 Å². The lowest BCUT2D eigenvalue weighted by Crippen LogP contribution is -2.25. The number of aryl methyl sites for hydroxylation is 3. The van der Waals surface area contributed by atoms with Crippen molar-refractivity contribution in [2.24, 2.45) is 5.10 Å². The van der Waals surface area contributed by atoms with Gasteiger partial charge in [-0.3, -0.25) is 4.79 Å². The van der Waals surface area contributed by atoms with Gasteiger partial charge in [-0.05, 0) is 37.5 Å². The predicted octanol–water partition coefficient (Wildman–Crippen LogP) is 3.14. The lowest BCUT2D eigenvalue weighted by molar-refractivity contribution is -0.123. The molecule has 22 heavy (non-hydrogen) atoms. The van der Waals surface area contributed by atoms with E-state index in [4.69, 9.17) is 4.74 Å². The lowest BCUT2D eigenvalue weighted by atomic mass is 10.1. The van der Waals surface area contributed by atoms with Crippen molar-refractivity contribution in [3.63, 3.8) is 0 Å². The lowest BCUT2D eigenvalue weighted by Gasteiger charge is -2.10. The third kappa shape index (κ3) is 4.45. The van der Waals surface area contributed by atoms with Gasteiger partial charge >= 0.3 is 0 Å². The molecule has 0 heterocycles. The van der Waals surface area contributed by atoms with E-state index in [1.54, 1.807) is 6.21 Å². The molecule has 2 aromatic rings. The average molecular weight is 296 g/mol. The molecule has 1 N–H and O–H groups in total. The van der Waals surface area contributed by atoms with Gasteiger partial charge in [-0.15, -0.1) is 0 Å². The first-order valence-corrected chi connectivity index (χ1v) is 7.14. The van der Waals surface area contributed by atoms with Crippen LogP contribution >= 0.6 is 0 Å². The van der Waals surface area contributed by atoms with Crippen molar-refractivity contribution >= 4 is 12.1 Å². The first-order chi connectivity index (χ1) is 10.6. The van der Waals surface area contributed by atoms with Crippen molar-refractivity contribution in [1.29, 1.82) is 0 Å². The second-order valence-corrected chi connectivity index (χ2v) is 5.22. The molecule has 0 saturated heterocycles. The summed E-state index contributed by atoms with van der Waals surface area (Å²) in [6, 6.07) is 13.7. The second-order valence-electron chi connectivity index (χ2n) is 5.22. The first kappa shape index (κ1) is 15.8. The molecule has 0 aromatic heterocycles. The highest BCUT2D eigenvalue weighted by molar-refractivity contribution is 5.83. The molecule has 0 aliphatic rings. The summed E-state index contributed by atoms with van der Waals surface area (Å²) in [4.78, 5) is 11.7. The van der Waals surface area contributed by atoms with Crippen LogP contribution in [-0.4, -0.2) is 18.7 Å². The molecule has 4 nitrogen and oxygen atoms in total. The molecular weight excluding hydrogens is 276 g/mol. The van der Waals surface area contributed by atoms with Gasteiger partial charge in [-0.2, -0.15) is 5.10 Å². The molecule has 0 aliphatic heterocycles. The summed E-state index contributed by atoms with van der Waals surface area (Å²) in [7, 11) is 0. The van der Waals surface area contributed by atoms with Crippen LogP contribution in [0.1, 0.15) is 22.3 Å². The second kappa shape index (κ2) is 7.41. The Labute approximate surface area is 130 Å². The summed E-state index contributed by atoms with van der Waals surface area (Å²) in [5.41, 5.74) is 6.57. The molecule has 0 bridgehead atoms. The Morgan fingerprint density at radius 3 is 2.50 bits per heavy atom. The van der Waals surface area contributed by atoms with Gasteiger partial charge < -0.3 is 4.74 Å². The zero-order valence-corrected chi connectivity index (χ0v) is 13.1. The Bertz CT molecular complexity index is 673. The number of nitrogens with one attached hydrogen (secondary N) is 1. The standard InChI is InChI=1S/C18H20N2O2/c1-13-6-4-9-16(10-13)11-19-20-17(21)12-22-18-14(2)7-5-8-15(18)3/h4-11H,12H2,1-3H3,(H,20,21)/b19-11-. The van der Waals surface area contributed by atoms with Crippen LogP contribution in [0.25, 0.3) is 0 Å². The van der Waals surface area contributed by atoms with E-state index >= 15 is 0 Å². The molecule has 4 heteroatoms. The molecule has 0 aliphatic carbocycles. The molecule has 114 valence electrons. The van der Waals surface area contributed by atoms with E-state index in [1.807, 2.05) is 63.2 Å². The summed E-state index contributed by atoms with van der Waals surface area (Å²) in [5, 5.41) is 3.94. The van der Waals surface area contributed by atoms with Gasteiger partial charge in [0, 0.05) is 0 Å². The van der Waals surface area contributed by atoms with E-state index in [0.29, 0.717) is 0 Å². The van der Waals surface area contributed by atoms with Crippen LogP contribution in [-0.2, 0) is 4.79 Å². The maximum Gasteiger partial charge on any atom is 0.277 e. The average Bonchev–Trinajstić information content (AvgIpc) is 2.47. The van der Waals surface area contributed by atoms with Crippen LogP contribution in [0.4, 0.5) is 0 Å². The number of para-hydroxylation sites is 1. The fourth-order valence-electron chi connectivity index (χ4n) is 2.13. The fourth-order valence-corrected chi connectivity index (χ4v) is 2.13. The number of ether oxygens (including phenoxy) is 1. The number of carbonyl (C=O) groups excluding carboxylic acids is 1. The number of rotatable bonds is 5. The van der Waals surface area contributed by atoms with Gasteiger partial charge in [-0.1, -0.05) is 48.0 Å². The molecule has 0 unspecified atom stereocenters. The maximum absolute atomic E-state index is 11.7. The van der Waals surface area contributed by atoms with Crippen LogP contribution < -0.4 is 10.2 Å². The number of hydrazone groups is 1. The van der Waals surface area contributed by atoms with Crippen molar-refractivity contribution in [3.8, 4) is 5.75 Å². The minimum Gasteiger partial charge on any atom is -0.483 e. The molecule has 0 spiro atoms. The first-order valence-electron chi connectivity index (χ1n) is 7.14. The Balaban J connectivity index is 1.86. The number of amides is 1. The van der Waals surface area contributed by atoms with Gasteiger partial charge in [0.05, 0.1) is 6.21 Å². The zero-order chi connectivity index (χ0) is 15.9. The predicted molar refractivity (Wildman–Crippen MR) is 88.3 cm³/mol. The van der Waals surface area contributed by atoms with Gasteiger partial charge in [0.2, 0.25) is 0 Å². The van der Waals surface area contributed by atoms with Crippen LogP contribution in [0, 0.1) is 20.8 Å². The largest absolute Gasteiger partial charge is 0.483 e. The number of hydrogen-bond donors (Lipinski definition) is 1. The minimum atomic E-state index is -0.286. The number of hydrogen-bond acceptors (Lipinski definition) is 3. The summed E-state index contributed by atoms with van der Waals surface area (Å²) in [5.74, 6) is 0.465. The van der Waals surface area contributed by atoms with Crippen LogP contribution in [0.3, 0.4) is 0 Å². The smallest absolute Gasteiger partial charge is 0.277 e. The highest BCUT2D eigenvalue weighted by atomic mass is 16.5. The molecule has 2 rings (SSSR count). The van der Waals surface area contributed by atoms with Crippen molar-refractivity contribution in [2.75, 3.05) is 6.61 Å². The molecule has 0 radical (unpaired) electrons. The van der Waals surface area contributed by atoms with Crippen molar-refractivity contribution < 1.29 is 9.53 Å². The highest BCUT2D eigenvalue weighted by Gasteiger charge is 2.06. The monoisotopic (exact) mass is 296 g/mol. The third-order valence-electron chi connectivity index (χ3n) is 3.20. The normalized spacial score (nSPS) is 10.7. The quantitative estimate of drug-likeness (QED) is 0.680. The van der Waals surface area contributed by atoms with Crippen molar-refractivity contribution in [2.45, 2.75) is 20.8 Å². The molecule has 0 saturated carbocycles. The van der Waals surface area contributed by atoms with Crippen LogP contribution in [0.2, 0.25) is 0 Å². The van der Waals surface area contributed by atoms with Crippen molar-refractivity contribution in [3.05, 3.63) is 64.7 Å². The van der Waals surface area contributed by atoms with E-state index < -0.39 is 0 Å². The van der Waals surface area contributed by atoms with Crippen molar-refractivity contribution in [1.82, 2.24) is 5.43 Å². The summed E-state index contributed by atoms with van der Waals surface area (Å²) in [6.45, 7) is 5.86. The molecule has 2 aromatic carbocycles. The Kier molecular flexibility index (Phi) is 5.31. The third-order valence-corrected chi connectivity index (χ3v) is 3.20. The summed E-state index contributed by atoms with van der Waals surface area (Å²) >= 11 is 0. The van der Waals surface area contributed by atoms with E-state index in [0.717, 1.165) is 28.0 Å². The SMILES string of the molecule is Cc1cccc(/C=N\NC(=O)COc2c(C)cccc2C)c1. The number of nitrogens with zero attached hydrogens (tertiary/aromatic N) is 1. The topological polar surface area (TPSA) is 50.7 Å². The molecule has 0 atom stereocenters. The fraction of sp³-hybridized carbons (Fsp3) is 0.222. The van der Waals surface area contributed by atoms with Crippen LogP contribution in [0.5, 0.6) is 5.75 Å². The Morgan fingerprint density at radius 2 is 1.82 bits per heavy atom. The Morgan fingerprint density at radius 1 is 1.14 bits per heavy atom. The highest BCUT2D eigenvalue weighted by Crippen LogP contribution is 2.21. The van der Waals surface area contributed by atoms with E-state index in [9.17, 15) is 4.79 Å². The summed E-state index contributed by atoms with van der Waals surface area (Å²) < 4.78 is 5.57. The molecule has 0 fully saturated rings. The molecule has 1 amide bonds. The van der Waals surface area contributed by atoms with Gasteiger partial charge in [0.1, 0.15) is 5.75 Å². The zero-order valence-electron chi connectivity index (χ0n) is 13.1. The summed E-state index contributed by atoms with van der Waals surface area (Å²) in [6.07, 6.45) is 1.61. The number of benzene rings is 2. The van der Waals surface area contributed by atoms with Crippen LogP contribution in [0.15, 0.2) is 47.6 Å². The van der Waals surface area contributed by atoms with Gasteiger partial charge in [0.25, 0.3) is 5.91 Å².